The maximum atomic E-state index is 13.3. The third-order valence-electron chi connectivity index (χ3n) is 2.33. The Morgan fingerprint density at radius 3 is 2.57 bits per heavy atom. The molecule has 1 radical (unpaired) electrons. The van der Waals surface area contributed by atoms with Crippen LogP contribution in [-0.2, 0) is 9.53 Å². The summed E-state index contributed by atoms with van der Waals surface area (Å²) in [5.74, 6) is -0.445. The second kappa shape index (κ2) is 4.74. The first-order valence-electron chi connectivity index (χ1n) is 4.44. The quantitative estimate of drug-likeness (QED) is 0.737. The minimum absolute atomic E-state index is 0.169. The molecule has 14 heavy (non-hydrogen) atoms. The third-order valence-corrected chi connectivity index (χ3v) is 2.33. The van der Waals surface area contributed by atoms with Crippen molar-refractivity contribution in [3.8, 4) is 0 Å². The van der Waals surface area contributed by atoms with Crippen molar-refractivity contribution in [2.24, 2.45) is 0 Å². The summed E-state index contributed by atoms with van der Waals surface area (Å²) in [6.45, 7) is 4.88. The summed E-state index contributed by atoms with van der Waals surface area (Å²) >= 11 is 0. The zero-order valence-electron chi connectivity index (χ0n) is 8.16. The topological polar surface area (TPSA) is 26.3 Å². The lowest BCUT2D eigenvalue weighted by atomic mass is 9.96. The van der Waals surface area contributed by atoms with Gasteiger partial charge in [-0.15, -0.1) is 0 Å². The van der Waals surface area contributed by atoms with Gasteiger partial charge in [0.05, 0.1) is 0 Å². The highest BCUT2D eigenvalue weighted by Gasteiger charge is 2.18. The predicted molar refractivity (Wildman–Crippen MR) is 51.1 cm³/mol. The maximum Gasteiger partial charge on any atom is 0.417 e. The Bertz CT molecular complexity index is 312. The monoisotopic (exact) mass is 195 g/mol. The number of rotatable bonds is 4. The molecule has 0 bridgehead atoms. The van der Waals surface area contributed by atoms with Crippen LogP contribution in [0.4, 0.5) is 4.39 Å². The SMILES string of the molecule is CC(O[C]=O)C(C)c1ccccc1F. The summed E-state index contributed by atoms with van der Waals surface area (Å²) in [6.07, 6.45) is -0.371. The third kappa shape index (κ3) is 2.31. The molecule has 0 aliphatic rings. The Labute approximate surface area is 82.7 Å². The van der Waals surface area contributed by atoms with E-state index in [0.717, 1.165) is 0 Å². The highest BCUT2D eigenvalue weighted by Crippen LogP contribution is 2.23. The highest BCUT2D eigenvalue weighted by molar-refractivity contribution is 5.39. The second-order valence-corrected chi connectivity index (χ2v) is 3.22. The van der Waals surface area contributed by atoms with E-state index in [1.165, 1.54) is 12.5 Å². The van der Waals surface area contributed by atoms with Gasteiger partial charge in [-0.2, -0.15) is 0 Å². The number of ether oxygens (including phenoxy) is 1. The summed E-state index contributed by atoms with van der Waals surface area (Å²) < 4.78 is 17.9. The molecular formula is C11H12FO2. The van der Waals surface area contributed by atoms with Crippen LogP contribution in [0.2, 0.25) is 0 Å². The van der Waals surface area contributed by atoms with Crippen LogP contribution in [-0.4, -0.2) is 12.6 Å². The molecule has 3 heteroatoms. The van der Waals surface area contributed by atoms with E-state index < -0.39 is 0 Å². The molecule has 0 amide bonds. The van der Waals surface area contributed by atoms with E-state index in [4.69, 9.17) is 0 Å². The Balaban J connectivity index is 2.83. The van der Waals surface area contributed by atoms with Crippen LogP contribution in [0.15, 0.2) is 24.3 Å². The van der Waals surface area contributed by atoms with Gasteiger partial charge in [0.1, 0.15) is 11.9 Å². The van der Waals surface area contributed by atoms with E-state index in [2.05, 4.69) is 4.74 Å². The van der Waals surface area contributed by atoms with Crippen molar-refractivity contribution in [2.75, 3.05) is 0 Å². The molecule has 2 unspecified atom stereocenters. The lowest BCUT2D eigenvalue weighted by Crippen LogP contribution is -2.16. The number of hydrogen-bond acceptors (Lipinski definition) is 2. The van der Waals surface area contributed by atoms with Crippen LogP contribution in [0.5, 0.6) is 0 Å². The molecule has 1 rings (SSSR count). The van der Waals surface area contributed by atoms with Crippen LogP contribution in [0.1, 0.15) is 25.3 Å². The van der Waals surface area contributed by atoms with Gasteiger partial charge in [0.25, 0.3) is 0 Å². The number of benzene rings is 1. The molecule has 0 N–H and O–H groups in total. The van der Waals surface area contributed by atoms with Gasteiger partial charge in [-0.3, -0.25) is 0 Å². The Kier molecular flexibility index (Phi) is 3.63. The molecule has 0 aromatic heterocycles. The van der Waals surface area contributed by atoms with Gasteiger partial charge in [0.15, 0.2) is 0 Å². The number of carbonyl (C=O) groups excluding carboxylic acids is 1. The molecule has 0 aliphatic heterocycles. The fourth-order valence-electron chi connectivity index (χ4n) is 1.28. The normalized spacial score (nSPS) is 14.5. The molecule has 0 aliphatic carbocycles. The van der Waals surface area contributed by atoms with Crippen molar-refractivity contribution < 1.29 is 13.9 Å². The van der Waals surface area contributed by atoms with Crippen molar-refractivity contribution >= 4 is 6.47 Å². The van der Waals surface area contributed by atoms with Gasteiger partial charge in [-0.05, 0) is 18.6 Å². The number of halogens is 1. The van der Waals surface area contributed by atoms with E-state index in [-0.39, 0.29) is 17.8 Å². The molecule has 0 saturated heterocycles. The van der Waals surface area contributed by atoms with Crippen LogP contribution in [0.25, 0.3) is 0 Å². The molecule has 0 saturated carbocycles. The van der Waals surface area contributed by atoms with Gasteiger partial charge < -0.3 is 4.74 Å². The molecular weight excluding hydrogens is 183 g/mol. The average Bonchev–Trinajstić information content (AvgIpc) is 2.18. The first-order chi connectivity index (χ1) is 6.66. The molecule has 2 nitrogen and oxygen atoms in total. The highest BCUT2D eigenvalue weighted by atomic mass is 19.1. The largest absolute Gasteiger partial charge is 0.454 e. The van der Waals surface area contributed by atoms with Crippen LogP contribution in [0.3, 0.4) is 0 Å². The van der Waals surface area contributed by atoms with E-state index in [9.17, 15) is 9.18 Å². The molecule has 2 atom stereocenters. The van der Waals surface area contributed by atoms with Crippen molar-refractivity contribution in [2.45, 2.75) is 25.9 Å². The minimum Gasteiger partial charge on any atom is -0.454 e. The molecule has 1 aromatic rings. The second-order valence-electron chi connectivity index (χ2n) is 3.22. The van der Waals surface area contributed by atoms with Gasteiger partial charge in [-0.1, -0.05) is 25.1 Å². The maximum absolute atomic E-state index is 13.3. The van der Waals surface area contributed by atoms with Gasteiger partial charge in [0, 0.05) is 5.92 Å². The summed E-state index contributed by atoms with van der Waals surface area (Å²) in [5.41, 5.74) is 0.551. The smallest absolute Gasteiger partial charge is 0.417 e. The lowest BCUT2D eigenvalue weighted by Gasteiger charge is -2.18. The summed E-state index contributed by atoms with van der Waals surface area (Å²) in [5, 5.41) is 0. The van der Waals surface area contributed by atoms with Crippen molar-refractivity contribution in [3.63, 3.8) is 0 Å². The molecule has 0 spiro atoms. The Hall–Kier alpha value is -1.38. The molecule has 0 fully saturated rings. The predicted octanol–water partition coefficient (Wildman–Crippen LogP) is 2.40. The molecule has 1 aromatic carbocycles. The van der Waals surface area contributed by atoms with Crippen LogP contribution in [0, 0.1) is 5.82 Å². The van der Waals surface area contributed by atoms with Crippen molar-refractivity contribution in [3.05, 3.63) is 35.6 Å². The Morgan fingerprint density at radius 1 is 1.36 bits per heavy atom. The average molecular weight is 195 g/mol. The van der Waals surface area contributed by atoms with E-state index in [1.807, 2.05) is 0 Å². The summed E-state index contributed by atoms with van der Waals surface area (Å²) in [4.78, 5) is 9.99. The zero-order valence-corrected chi connectivity index (χ0v) is 8.16. The van der Waals surface area contributed by atoms with E-state index >= 15 is 0 Å². The van der Waals surface area contributed by atoms with Crippen molar-refractivity contribution in [1.82, 2.24) is 0 Å². The Morgan fingerprint density at radius 2 is 2.00 bits per heavy atom. The van der Waals surface area contributed by atoms with Gasteiger partial charge >= 0.3 is 6.47 Å². The standard InChI is InChI=1S/C11H12FO2/c1-8(9(2)14-7-13)10-5-3-4-6-11(10)12/h3-6,8-9H,1-2H3. The van der Waals surface area contributed by atoms with E-state index in [0.29, 0.717) is 5.56 Å². The minimum atomic E-state index is -0.371. The zero-order chi connectivity index (χ0) is 10.6. The molecule has 75 valence electrons. The van der Waals surface area contributed by atoms with Gasteiger partial charge in [-0.25, -0.2) is 9.18 Å². The fraction of sp³-hybridized carbons (Fsp3) is 0.364. The first kappa shape index (κ1) is 10.7. The van der Waals surface area contributed by atoms with Gasteiger partial charge in [0.2, 0.25) is 0 Å². The summed E-state index contributed by atoms with van der Waals surface area (Å²) in [6, 6.07) is 6.46. The van der Waals surface area contributed by atoms with Crippen LogP contribution >= 0.6 is 0 Å². The summed E-state index contributed by atoms with van der Waals surface area (Å²) in [7, 11) is 0. The first-order valence-corrected chi connectivity index (χ1v) is 4.44. The van der Waals surface area contributed by atoms with Crippen molar-refractivity contribution in [1.29, 1.82) is 0 Å². The molecule has 0 heterocycles. The van der Waals surface area contributed by atoms with E-state index in [1.54, 1.807) is 32.0 Å². The lowest BCUT2D eigenvalue weighted by molar-refractivity contribution is 0.169. The fourth-order valence-corrected chi connectivity index (χ4v) is 1.28. The van der Waals surface area contributed by atoms with Crippen LogP contribution < -0.4 is 0 Å². The number of hydrogen-bond donors (Lipinski definition) is 0.